The zero-order valence-corrected chi connectivity index (χ0v) is 13.0. The molecule has 0 bridgehead atoms. The molecule has 0 saturated heterocycles. The van der Waals surface area contributed by atoms with Crippen LogP contribution in [0.25, 0.3) is 11.5 Å². The van der Waals surface area contributed by atoms with Crippen molar-refractivity contribution in [3.8, 4) is 11.5 Å². The Labute approximate surface area is 137 Å². The molecule has 0 spiro atoms. The van der Waals surface area contributed by atoms with Gasteiger partial charge in [-0.15, -0.1) is 0 Å². The highest BCUT2D eigenvalue weighted by Gasteiger charge is 2.50. The minimum Gasteiger partial charge on any atom is -0.481 e. The number of aromatic nitrogens is 1. The Kier molecular flexibility index (Phi) is 4.09. The van der Waals surface area contributed by atoms with E-state index < -0.39 is 11.4 Å². The summed E-state index contributed by atoms with van der Waals surface area (Å²) in [6, 6.07) is 7.02. The van der Waals surface area contributed by atoms with E-state index in [-0.39, 0.29) is 18.9 Å². The van der Waals surface area contributed by atoms with Crippen molar-refractivity contribution < 1.29 is 19.1 Å². The van der Waals surface area contributed by atoms with E-state index in [1.165, 1.54) is 6.26 Å². The molecule has 120 valence electrons. The molecular weight excluding hydrogens is 320 g/mol. The zero-order chi connectivity index (χ0) is 16.4. The Morgan fingerprint density at radius 1 is 1.30 bits per heavy atom. The second kappa shape index (κ2) is 6.04. The maximum absolute atomic E-state index is 11.9. The van der Waals surface area contributed by atoms with Crippen LogP contribution >= 0.6 is 11.6 Å². The average Bonchev–Trinajstić information content (AvgIpc) is 3.19. The molecule has 0 aliphatic heterocycles. The lowest BCUT2D eigenvalue weighted by Crippen LogP contribution is -2.35. The fourth-order valence-electron chi connectivity index (χ4n) is 2.23. The Morgan fingerprint density at radius 3 is 2.61 bits per heavy atom. The highest BCUT2D eigenvalue weighted by atomic mass is 35.5. The van der Waals surface area contributed by atoms with Crippen molar-refractivity contribution in [3.05, 3.63) is 41.2 Å². The van der Waals surface area contributed by atoms with Crippen LogP contribution in [0.3, 0.4) is 0 Å². The number of carboxylic acid groups (broad SMARTS) is 1. The fourth-order valence-corrected chi connectivity index (χ4v) is 2.35. The summed E-state index contributed by atoms with van der Waals surface area (Å²) < 4.78 is 5.36. The predicted molar refractivity (Wildman–Crippen MR) is 83.0 cm³/mol. The lowest BCUT2D eigenvalue weighted by atomic mass is 10.1. The van der Waals surface area contributed by atoms with Crippen molar-refractivity contribution in [2.75, 3.05) is 6.54 Å². The second-order valence-electron chi connectivity index (χ2n) is 5.69. The molecule has 0 unspecified atom stereocenters. The molecule has 0 atom stereocenters. The van der Waals surface area contributed by atoms with Crippen LogP contribution in [0, 0.1) is 5.41 Å². The summed E-state index contributed by atoms with van der Waals surface area (Å²) in [7, 11) is 0. The van der Waals surface area contributed by atoms with Gasteiger partial charge >= 0.3 is 5.97 Å². The number of aliphatic carboxylic acids is 1. The van der Waals surface area contributed by atoms with Gasteiger partial charge in [-0.2, -0.15) is 0 Å². The molecule has 1 fully saturated rings. The normalized spacial score (nSPS) is 15.2. The molecule has 1 amide bonds. The fraction of sp³-hybridized carbons (Fsp3) is 0.312. The number of carbonyl (C=O) groups is 2. The molecule has 2 N–H and O–H groups in total. The Bertz CT molecular complexity index is 735. The third-order valence-electron chi connectivity index (χ3n) is 3.92. The van der Waals surface area contributed by atoms with Gasteiger partial charge in [0.25, 0.3) is 0 Å². The lowest BCUT2D eigenvalue weighted by Gasteiger charge is -2.10. The maximum Gasteiger partial charge on any atom is 0.311 e. The van der Waals surface area contributed by atoms with Gasteiger partial charge in [0, 0.05) is 17.1 Å². The molecule has 23 heavy (non-hydrogen) atoms. The SMILES string of the molecule is O=C(Cc1coc(-c2ccc(Cl)cc2)n1)NCC1(C(=O)O)CC1. The van der Waals surface area contributed by atoms with Gasteiger partial charge in [-0.3, -0.25) is 9.59 Å². The van der Waals surface area contributed by atoms with Crippen LogP contribution in [-0.4, -0.2) is 28.5 Å². The van der Waals surface area contributed by atoms with Gasteiger partial charge in [0.05, 0.1) is 17.5 Å². The molecular formula is C16H15ClN2O4. The molecule has 6 nitrogen and oxygen atoms in total. The van der Waals surface area contributed by atoms with E-state index in [1.54, 1.807) is 24.3 Å². The number of carboxylic acids is 1. The third kappa shape index (κ3) is 3.53. The standard InChI is InChI=1S/C16H15ClN2O4/c17-11-3-1-10(2-4-11)14-19-12(8-23-14)7-13(20)18-9-16(5-6-16)15(21)22/h1-4,8H,5-7,9H2,(H,18,20)(H,21,22). The van der Waals surface area contributed by atoms with E-state index in [9.17, 15) is 9.59 Å². The van der Waals surface area contributed by atoms with E-state index in [2.05, 4.69) is 10.3 Å². The molecule has 3 rings (SSSR count). The molecule has 1 saturated carbocycles. The van der Waals surface area contributed by atoms with Gasteiger partial charge in [0.2, 0.25) is 11.8 Å². The van der Waals surface area contributed by atoms with E-state index >= 15 is 0 Å². The number of amides is 1. The van der Waals surface area contributed by atoms with E-state index in [4.69, 9.17) is 21.1 Å². The van der Waals surface area contributed by atoms with Gasteiger partial charge in [0.1, 0.15) is 6.26 Å². The Balaban J connectivity index is 1.57. The van der Waals surface area contributed by atoms with Crippen molar-refractivity contribution in [2.24, 2.45) is 5.41 Å². The number of carbonyl (C=O) groups excluding carboxylic acids is 1. The average molecular weight is 335 g/mol. The summed E-state index contributed by atoms with van der Waals surface area (Å²) in [5.74, 6) is -0.716. The number of oxazole rings is 1. The number of hydrogen-bond acceptors (Lipinski definition) is 4. The van der Waals surface area contributed by atoms with Crippen molar-refractivity contribution in [1.29, 1.82) is 0 Å². The molecule has 1 aliphatic carbocycles. The predicted octanol–water partition coefficient (Wildman–Crippen LogP) is 2.52. The van der Waals surface area contributed by atoms with Gasteiger partial charge in [-0.05, 0) is 37.1 Å². The minimum atomic E-state index is -0.857. The summed E-state index contributed by atoms with van der Waals surface area (Å²) in [6.07, 6.45) is 2.68. The number of rotatable bonds is 6. The largest absolute Gasteiger partial charge is 0.481 e. The molecule has 0 radical (unpaired) electrons. The van der Waals surface area contributed by atoms with Crippen LogP contribution in [0.2, 0.25) is 5.02 Å². The summed E-state index contributed by atoms with van der Waals surface area (Å²) in [6.45, 7) is 0.156. The molecule has 1 aliphatic rings. The smallest absolute Gasteiger partial charge is 0.311 e. The summed E-state index contributed by atoms with van der Waals surface area (Å²) in [5, 5.41) is 12.3. The monoisotopic (exact) mass is 334 g/mol. The van der Waals surface area contributed by atoms with E-state index in [0.717, 1.165) is 5.56 Å². The zero-order valence-electron chi connectivity index (χ0n) is 12.2. The van der Waals surface area contributed by atoms with Crippen molar-refractivity contribution in [2.45, 2.75) is 19.3 Å². The topological polar surface area (TPSA) is 92.4 Å². The third-order valence-corrected chi connectivity index (χ3v) is 4.17. The first kappa shape index (κ1) is 15.6. The van der Waals surface area contributed by atoms with Gasteiger partial charge in [-0.25, -0.2) is 4.98 Å². The number of benzene rings is 1. The van der Waals surface area contributed by atoms with Crippen LogP contribution in [-0.2, 0) is 16.0 Å². The Morgan fingerprint density at radius 2 is 2.00 bits per heavy atom. The van der Waals surface area contributed by atoms with Gasteiger partial charge < -0.3 is 14.8 Å². The van der Waals surface area contributed by atoms with Crippen LogP contribution in [0.15, 0.2) is 34.9 Å². The first-order chi connectivity index (χ1) is 11.0. The summed E-state index contributed by atoms with van der Waals surface area (Å²) in [4.78, 5) is 27.2. The first-order valence-corrected chi connectivity index (χ1v) is 7.57. The van der Waals surface area contributed by atoms with Crippen LogP contribution in [0.4, 0.5) is 0 Å². The first-order valence-electron chi connectivity index (χ1n) is 7.19. The van der Waals surface area contributed by atoms with Crippen molar-refractivity contribution in [3.63, 3.8) is 0 Å². The number of nitrogens with zero attached hydrogens (tertiary/aromatic N) is 1. The molecule has 7 heteroatoms. The van der Waals surface area contributed by atoms with E-state index in [1.807, 2.05) is 0 Å². The lowest BCUT2D eigenvalue weighted by molar-refractivity contribution is -0.143. The quantitative estimate of drug-likeness (QED) is 0.846. The molecule has 2 aromatic rings. The summed E-state index contributed by atoms with van der Waals surface area (Å²) in [5.41, 5.74) is 0.491. The molecule has 1 heterocycles. The van der Waals surface area contributed by atoms with Crippen LogP contribution in [0.5, 0.6) is 0 Å². The van der Waals surface area contributed by atoms with Gasteiger partial charge in [0.15, 0.2) is 0 Å². The van der Waals surface area contributed by atoms with E-state index in [0.29, 0.717) is 29.4 Å². The number of halogens is 1. The van der Waals surface area contributed by atoms with Crippen molar-refractivity contribution in [1.82, 2.24) is 10.3 Å². The second-order valence-corrected chi connectivity index (χ2v) is 6.13. The number of hydrogen-bond donors (Lipinski definition) is 2. The number of nitrogens with one attached hydrogen (secondary N) is 1. The maximum atomic E-state index is 11.9. The highest BCUT2D eigenvalue weighted by molar-refractivity contribution is 6.30. The van der Waals surface area contributed by atoms with Crippen LogP contribution < -0.4 is 5.32 Å². The van der Waals surface area contributed by atoms with Crippen LogP contribution in [0.1, 0.15) is 18.5 Å². The summed E-state index contributed by atoms with van der Waals surface area (Å²) >= 11 is 5.83. The van der Waals surface area contributed by atoms with Gasteiger partial charge in [-0.1, -0.05) is 11.6 Å². The highest BCUT2D eigenvalue weighted by Crippen LogP contribution is 2.45. The van der Waals surface area contributed by atoms with Crippen molar-refractivity contribution >= 4 is 23.5 Å². The molecule has 1 aromatic heterocycles. The molecule has 1 aromatic carbocycles. The Hall–Kier alpha value is -2.34. The minimum absolute atomic E-state index is 0.0484.